The summed E-state index contributed by atoms with van der Waals surface area (Å²) >= 11 is 0. The van der Waals surface area contributed by atoms with Gasteiger partial charge in [0.15, 0.2) is 5.65 Å². The minimum atomic E-state index is -1.02. The van der Waals surface area contributed by atoms with Crippen LogP contribution in [0.5, 0.6) is 0 Å². The van der Waals surface area contributed by atoms with E-state index in [1.165, 1.54) is 6.20 Å². The lowest BCUT2D eigenvalue weighted by atomic mass is 10.1. The van der Waals surface area contributed by atoms with E-state index < -0.39 is 5.97 Å². The molecule has 0 aliphatic rings. The Hall–Kier alpha value is -2.70. The fourth-order valence-electron chi connectivity index (χ4n) is 2.30. The number of fused-ring (bicyclic) bond motifs is 1. The smallest absolute Gasteiger partial charge is 0.339 e. The molecule has 0 unspecified atom stereocenters. The molecule has 0 amide bonds. The zero-order chi connectivity index (χ0) is 14.3. The van der Waals surface area contributed by atoms with Crippen LogP contribution in [0.1, 0.15) is 23.1 Å². The van der Waals surface area contributed by atoms with Crippen LogP contribution < -0.4 is 0 Å². The minimum absolute atomic E-state index is 0.137. The molecular formula is C13H13N5O2. The van der Waals surface area contributed by atoms with Crippen LogP contribution in [0.25, 0.3) is 16.7 Å². The van der Waals surface area contributed by atoms with Gasteiger partial charge in [0.05, 0.1) is 17.3 Å². The first-order valence-electron chi connectivity index (χ1n) is 6.20. The molecule has 3 aromatic rings. The van der Waals surface area contributed by atoms with Gasteiger partial charge in [-0.1, -0.05) is 6.92 Å². The summed E-state index contributed by atoms with van der Waals surface area (Å²) in [7, 11) is 1.77. The second kappa shape index (κ2) is 4.44. The summed E-state index contributed by atoms with van der Waals surface area (Å²) in [6.07, 6.45) is 7.11. The summed E-state index contributed by atoms with van der Waals surface area (Å²) < 4.78 is 3.40. The van der Waals surface area contributed by atoms with Crippen LogP contribution in [0.15, 0.2) is 24.8 Å². The topological polar surface area (TPSA) is 85.8 Å². The van der Waals surface area contributed by atoms with Crippen molar-refractivity contribution in [3.63, 3.8) is 0 Å². The third-order valence-electron chi connectivity index (χ3n) is 3.24. The second-order valence-electron chi connectivity index (χ2n) is 4.40. The molecule has 0 atom stereocenters. The first kappa shape index (κ1) is 12.3. The monoisotopic (exact) mass is 271 g/mol. The lowest BCUT2D eigenvalue weighted by molar-refractivity contribution is 0.0696. The van der Waals surface area contributed by atoms with Gasteiger partial charge in [-0.3, -0.25) is 4.68 Å². The Morgan fingerprint density at radius 3 is 2.85 bits per heavy atom. The molecule has 7 nitrogen and oxygen atoms in total. The molecule has 1 N–H and O–H groups in total. The Morgan fingerprint density at radius 1 is 1.35 bits per heavy atom. The van der Waals surface area contributed by atoms with Crippen LogP contribution in [-0.4, -0.2) is 35.4 Å². The number of carbonyl (C=O) groups is 1. The minimum Gasteiger partial charge on any atom is -0.478 e. The predicted octanol–water partition coefficient (Wildman–Crippen LogP) is 1.41. The zero-order valence-corrected chi connectivity index (χ0v) is 11.1. The van der Waals surface area contributed by atoms with Gasteiger partial charge in [0.2, 0.25) is 0 Å². The number of imidazole rings is 1. The number of aromatic nitrogens is 5. The molecule has 0 spiro atoms. The van der Waals surface area contributed by atoms with Crippen LogP contribution in [0.2, 0.25) is 0 Å². The van der Waals surface area contributed by atoms with Crippen LogP contribution in [0, 0.1) is 0 Å². The Morgan fingerprint density at radius 2 is 2.15 bits per heavy atom. The van der Waals surface area contributed by atoms with Gasteiger partial charge >= 0.3 is 5.97 Å². The van der Waals surface area contributed by atoms with Gasteiger partial charge in [-0.2, -0.15) is 5.10 Å². The number of hydrogen-bond acceptors (Lipinski definition) is 4. The average molecular weight is 271 g/mol. The van der Waals surface area contributed by atoms with E-state index in [4.69, 9.17) is 0 Å². The predicted molar refractivity (Wildman–Crippen MR) is 72.0 cm³/mol. The Bertz CT molecular complexity index is 802. The summed E-state index contributed by atoms with van der Waals surface area (Å²) in [4.78, 5) is 19.9. The lowest BCUT2D eigenvalue weighted by Crippen LogP contribution is -2.09. The molecule has 0 aliphatic carbocycles. The average Bonchev–Trinajstić information content (AvgIpc) is 3.04. The summed E-state index contributed by atoms with van der Waals surface area (Å²) in [6, 6.07) is 0. The van der Waals surface area contributed by atoms with Crippen LogP contribution >= 0.6 is 0 Å². The lowest BCUT2D eigenvalue weighted by Gasteiger charge is -2.11. The van der Waals surface area contributed by atoms with Crippen molar-refractivity contribution in [1.82, 2.24) is 24.3 Å². The highest BCUT2D eigenvalue weighted by Crippen LogP contribution is 2.25. The van der Waals surface area contributed by atoms with Crippen molar-refractivity contribution < 1.29 is 9.90 Å². The van der Waals surface area contributed by atoms with Gasteiger partial charge in [0.1, 0.15) is 11.4 Å². The third kappa shape index (κ3) is 1.67. The Kier molecular flexibility index (Phi) is 2.74. The molecule has 0 fully saturated rings. The third-order valence-corrected chi connectivity index (χ3v) is 3.24. The van der Waals surface area contributed by atoms with Crippen molar-refractivity contribution in [3.05, 3.63) is 36.2 Å². The van der Waals surface area contributed by atoms with E-state index in [0.717, 1.165) is 5.82 Å². The van der Waals surface area contributed by atoms with E-state index in [2.05, 4.69) is 15.1 Å². The quantitative estimate of drug-likeness (QED) is 0.778. The highest BCUT2D eigenvalue weighted by Gasteiger charge is 2.19. The molecule has 102 valence electrons. The molecular weight excluding hydrogens is 258 g/mol. The molecule has 0 bridgehead atoms. The van der Waals surface area contributed by atoms with Crippen molar-refractivity contribution in [2.45, 2.75) is 13.3 Å². The molecule has 7 heteroatoms. The van der Waals surface area contributed by atoms with Gasteiger partial charge in [-0.05, 0) is 0 Å². The second-order valence-corrected chi connectivity index (χ2v) is 4.40. The SMILES string of the molecule is CCc1nccn1-c1c(C(=O)O)cnc2c1cnn2C. The summed E-state index contributed by atoms with van der Waals surface area (Å²) in [5.74, 6) is -0.224. The summed E-state index contributed by atoms with van der Waals surface area (Å²) in [6.45, 7) is 1.97. The maximum atomic E-state index is 11.5. The van der Waals surface area contributed by atoms with E-state index in [-0.39, 0.29) is 5.56 Å². The maximum absolute atomic E-state index is 11.5. The van der Waals surface area contributed by atoms with Crippen molar-refractivity contribution in [2.24, 2.45) is 7.05 Å². The van der Waals surface area contributed by atoms with Gasteiger partial charge in [0, 0.05) is 32.1 Å². The number of carboxylic acids is 1. The normalized spacial score (nSPS) is 11.1. The van der Waals surface area contributed by atoms with E-state index in [9.17, 15) is 9.90 Å². The number of pyridine rings is 1. The molecule has 20 heavy (non-hydrogen) atoms. The molecule has 3 rings (SSSR count). The zero-order valence-electron chi connectivity index (χ0n) is 11.1. The van der Waals surface area contributed by atoms with Gasteiger partial charge in [-0.15, -0.1) is 0 Å². The van der Waals surface area contributed by atoms with E-state index >= 15 is 0 Å². The van der Waals surface area contributed by atoms with Gasteiger partial charge in [0.25, 0.3) is 0 Å². The number of aromatic carboxylic acids is 1. The fourth-order valence-corrected chi connectivity index (χ4v) is 2.30. The Balaban J connectivity index is 2.42. The van der Waals surface area contributed by atoms with Gasteiger partial charge < -0.3 is 9.67 Å². The molecule has 0 radical (unpaired) electrons. The van der Waals surface area contributed by atoms with Crippen LogP contribution in [0.3, 0.4) is 0 Å². The number of nitrogens with zero attached hydrogens (tertiary/aromatic N) is 5. The largest absolute Gasteiger partial charge is 0.478 e. The van der Waals surface area contributed by atoms with Crippen molar-refractivity contribution in [3.8, 4) is 5.69 Å². The van der Waals surface area contributed by atoms with Crippen molar-refractivity contribution in [1.29, 1.82) is 0 Å². The molecule has 3 heterocycles. The molecule has 0 saturated carbocycles. The molecule has 0 saturated heterocycles. The number of carboxylic acid groups (broad SMARTS) is 1. The first-order valence-corrected chi connectivity index (χ1v) is 6.20. The molecule has 0 aromatic carbocycles. The van der Waals surface area contributed by atoms with Crippen LogP contribution in [0.4, 0.5) is 0 Å². The summed E-state index contributed by atoms with van der Waals surface area (Å²) in [5, 5.41) is 14.2. The molecule has 0 aliphatic heterocycles. The Labute approximate surface area is 114 Å². The van der Waals surface area contributed by atoms with E-state index in [1.807, 2.05) is 6.92 Å². The number of rotatable bonds is 3. The fraction of sp³-hybridized carbons (Fsp3) is 0.231. The number of hydrogen-bond donors (Lipinski definition) is 1. The van der Waals surface area contributed by atoms with Crippen molar-refractivity contribution in [2.75, 3.05) is 0 Å². The molecule has 3 aromatic heterocycles. The van der Waals surface area contributed by atoms with Gasteiger partial charge in [-0.25, -0.2) is 14.8 Å². The van der Waals surface area contributed by atoms with E-state index in [0.29, 0.717) is 23.1 Å². The first-order chi connectivity index (χ1) is 9.63. The maximum Gasteiger partial charge on any atom is 0.339 e. The van der Waals surface area contributed by atoms with Crippen molar-refractivity contribution >= 4 is 17.0 Å². The van der Waals surface area contributed by atoms with Crippen LogP contribution in [-0.2, 0) is 13.5 Å². The number of aryl methyl sites for hydroxylation is 2. The van der Waals surface area contributed by atoms with E-state index in [1.54, 1.807) is 34.9 Å². The standard InChI is InChI=1S/C13H13N5O2/c1-3-10-14-4-5-18(10)11-8-7-16-17(2)12(8)15-6-9(11)13(19)20/h4-7H,3H2,1-2H3,(H,19,20). The summed E-state index contributed by atoms with van der Waals surface area (Å²) in [5.41, 5.74) is 1.34. The highest BCUT2D eigenvalue weighted by molar-refractivity contribution is 5.99. The highest BCUT2D eigenvalue weighted by atomic mass is 16.4.